The maximum atomic E-state index is 2.44. The zero-order valence-corrected chi connectivity index (χ0v) is 19.7. The van der Waals surface area contributed by atoms with Crippen LogP contribution in [0, 0.1) is 17.3 Å². The zero-order valence-electron chi connectivity index (χ0n) is 19.7. The van der Waals surface area contributed by atoms with E-state index < -0.39 is 0 Å². The van der Waals surface area contributed by atoms with Crippen LogP contribution in [0.25, 0.3) is 0 Å². The molecule has 0 fully saturated rings. The van der Waals surface area contributed by atoms with Crippen LogP contribution in [0.3, 0.4) is 0 Å². The maximum Gasteiger partial charge on any atom is -0.0267 e. The SMILES string of the molecule is CCCCC(CCCC)C(CCC)C(CCCC)(CCCC)CCCC. The van der Waals surface area contributed by atoms with E-state index in [1.807, 2.05) is 0 Å². The maximum absolute atomic E-state index is 2.44. The molecule has 0 N–H and O–H groups in total. The first-order valence-corrected chi connectivity index (χ1v) is 12.7. The lowest BCUT2D eigenvalue weighted by Crippen LogP contribution is -2.36. The summed E-state index contributed by atoms with van der Waals surface area (Å²) in [5, 5.41) is 0. The molecule has 1 unspecified atom stereocenters. The molecule has 0 aromatic rings. The summed E-state index contributed by atoms with van der Waals surface area (Å²) >= 11 is 0. The Balaban J connectivity index is 5.66. The fourth-order valence-corrected chi connectivity index (χ4v) is 5.35. The van der Waals surface area contributed by atoms with Crippen LogP contribution >= 0.6 is 0 Å². The van der Waals surface area contributed by atoms with Gasteiger partial charge < -0.3 is 0 Å². The normalized spacial score (nSPS) is 13.5. The minimum atomic E-state index is 0.643. The minimum absolute atomic E-state index is 0.643. The molecule has 0 aliphatic rings. The predicted octanol–water partition coefficient (Wildman–Crippen LogP) is 9.96. The summed E-state index contributed by atoms with van der Waals surface area (Å²) < 4.78 is 0. The highest BCUT2D eigenvalue weighted by Crippen LogP contribution is 2.50. The Morgan fingerprint density at radius 2 is 0.846 bits per heavy atom. The highest BCUT2D eigenvalue weighted by molar-refractivity contribution is 4.90. The van der Waals surface area contributed by atoms with Gasteiger partial charge in [-0.25, -0.2) is 0 Å². The molecule has 0 aliphatic heterocycles. The second-order valence-electron chi connectivity index (χ2n) is 9.11. The van der Waals surface area contributed by atoms with Crippen LogP contribution in [0.2, 0.25) is 0 Å². The lowest BCUT2D eigenvalue weighted by Gasteiger charge is -2.46. The summed E-state index contributed by atoms with van der Waals surface area (Å²) in [5.41, 5.74) is 0.643. The van der Waals surface area contributed by atoms with Crippen molar-refractivity contribution in [3.8, 4) is 0 Å². The molecule has 0 radical (unpaired) electrons. The van der Waals surface area contributed by atoms with Gasteiger partial charge in [0.2, 0.25) is 0 Å². The molecule has 0 saturated heterocycles. The lowest BCUT2D eigenvalue weighted by molar-refractivity contribution is 0.0405. The first-order chi connectivity index (χ1) is 12.7. The summed E-state index contributed by atoms with van der Waals surface area (Å²) in [7, 11) is 0. The highest BCUT2D eigenvalue weighted by atomic mass is 14.4. The van der Waals surface area contributed by atoms with Gasteiger partial charge in [-0.2, -0.15) is 0 Å². The molecular formula is C26H54. The Kier molecular flexibility index (Phi) is 17.1. The van der Waals surface area contributed by atoms with E-state index in [0.29, 0.717) is 5.41 Å². The quantitative estimate of drug-likeness (QED) is 0.213. The van der Waals surface area contributed by atoms with Crippen LogP contribution in [-0.2, 0) is 0 Å². The van der Waals surface area contributed by atoms with Crippen molar-refractivity contribution >= 4 is 0 Å². The lowest BCUT2D eigenvalue weighted by atomic mass is 9.59. The molecule has 0 aromatic heterocycles. The Labute approximate surface area is 168 Å². The topological polar surface area (TPSA) is 0 Å². The fraction of sp³-hybridized carbons (Fsp3) is 1.00. The van der Waals surface area contributed by atoms with Crippen LogP contribution in [0.4, 0.5) is 0 Å². The van der Waals surface area contributed by atoms with Gasteiger partial charge in [0, 0.05) is 0 Å². The Morgan fingerprint density at radius 3 is 1.15 bits per heavy atom. The standard InChI is InChI=1S/C26H54/c1-7-13-19-24(20-14-8-2)25(18-12-6)26(21-15-9-3,22-16-10-4)23-17-11-5/h24-25H,7-23H2,1-6H3. The van der Waals surface area contributed by atoms with Gasteiger partial charge in [0.05, 0.1) is 0 Å². The fourth-order valence-electron chi connectivity index (χ4n) is 5.35. The van der Waals surface area contributed by atoms with Gasteiger partial charge in [-0.1, -0.05) is 125 Å². The van der Waals surface area contributed by atoms with Crippen molar-refractivity contribution < 1.29 is 0 Å². The predicted molar refractivity (Wildman–Crippen MR) is 122 cm³/mol. The summed E-state index contributed by atoms with van der Waals surface area (Å²) in [6, 6.07) is 0. The average Bonchev–Trinajstić information content (AvgIpc) is 2.67. The largest absolute Gasteiger partial charge is 0.0654 e. The average molecular weight is 367 g/mol. The third kappa shape index (κ3) is 9.80. The molecule has 1 atom stereocenters. The Bertz CT molecular complexity index is 250. The summed E-state index contributed by atoms with van der Waals surface area (Å²) in [5.74, 6) is 1.97. The van der Waals surface area contributed by atoms with Gasteiger partial charge in [0.1, 0.15) is 0 Å². The van der Waals surface area contributed by atoms with Crippen LogP contribution in [0.5, 0.6) is 0 Å². The minimum Gasteiger partial charge on any atom is -0.0654 e. The Morgan fingerprint density at radius 1 is 0.462 bits per heavy atom. The van der Waals surface area contributed by atoms with Gasteiger partial charge in [0.15, 0.2) is 0 Å². The van der Waals surface area contributed by atoms with E-state index in [-0.39, 0.29) is 0 Å². The number of unbranched alkanes of at least 4 members (excludes halogenated alkanes) is 5. The number of hydrogen-bond acceptors (Lipinski definition) is 0. The van der Waals surface area contributed by atoms with Crippen molar-refractivity contribution in [1.29, 1.82) is 0 Å². The van der Waals surface area contributed by atoms with Gasteiger partial charge >= 0.3 is 0 Å². The highest BCUT2D eigenvalue weighted by Gasteiger charge is 2.40. The van der Waals surface area contributed by atoms with Gasteiger partial charge in [-0.3, -0.25) is 0 Å². The molecule has 0 aliphatic carbocycles. The third-order valence-corrected chi connectivity index (χ3v) is 6.90. The van der Waals surface area contributed by atoms with E-state index in [2.05, 4.69) is 41.5 Å². The molecule has 0 heteroatoms. The third-order valence-electron chi connectivity index (χ3n) is 6.90. The van der Waals surface area contributed by atoms with Crippen molar-refractivity contribution in [2.45, 2.75) is 151 Å². The van der Waals surface area contributed by atoms with Crippen molar-refractivity contribution in [2.24, 2.45) is 17.3 Å². The van der Waals surface area contributed by atoms with Crippen molar-refractivity contribution in [3.63, 3.8) is 0 Å². The summed E-state index contributed by atoms with van der Waals surface area (Å²) in [6.07, 6.45) is 24.4. The van der Waals surface area contributed by atoms with Crippen LogP contribution < -0.4 is 0 Å². The molecule has 0 heterocycles. The molecule has 0 amide bonds. The molecule has 0 saturated carbocycles. The molecule has 26 heavy (non-hydrogen) atoms. The van der Waals surface area contributed by atoms with Crippen LogP contribution in [-0.4, -0.2) is 0 Å². The monoisotopic (exact) mass is 366 g/mol. The zero-order chi connectivity index (χ0) is 19.7. The second-order valence-corrected chi connectivity index (χ2v) is 9.11. The molecule has 158 valence electrons. The smallest absolute Gasteiger partial charge is 0.0267 e. The van der Waals surface area contributed by atoms with Gasteiger partial charge in [0.25, 0.3) is 0 Å². The van der Waals surface area contributed by atoms with Gasteiger partial charge in [-0.05, 0) is 42.9 Å². The van der Waals surface area contributed by atoms with Crippen LogP contribution in [0.15, 0.2) is 0 Å². The van der Waals surface area contributed by atoms with E-state index in [1.165, 1.54) is 109 Å². The van der Waals surface area contributed by atoms with E-state index in [0.717, 1.165) is 11.8 Å². The van der Waals surface area contributed by atoms with Crippen molar-refractivity contribution in [3.05, 3.63) is 0 Å². The van der Waals surface area contributed by atoms with E-state index in [4.69, 9.17) is 0 Å². The van der Waals surface area contributed by atoms with Crippen molar-refractivity contribution in [2.75, 3.05) is 0 Å². The molecule has 0 aromatic carbocycles. The Hall–Kier alpha value is 0. The van der Waals surface area contributed by atoms with E-state index in [9.17, 15) is 0 Å². The van der Waals surface area contributed by atoms with Gasteiger partial charge in [-0.15, -0.1) is 0 Å². The first kappa shape index (κ1) is 26.0. The molecule has 0 nitrogen and oxygen atoms in total. The molecule has 0 rings (SSSR count). The van der Waals surface area contributed by atoms with Crippen molar-refractivity contribution in [1.82, 2.24) is 0 Å². The summed E-state index contributed by atoms with van der Waals surface area (Å²) in [4.78, 5) is 0. The molecular weight excluding hydrogens is 312 g/mol. The van der Waals surface area contributed by atoms with E-state index in [1.54, 1.807) is 0 Å². The van der Waals surface area contributed by atoms with Crippen LogP contribution in [0.1, 0.15) is 151 Å². The summed E-state index contributed by atoms with van der Waals surface area (Å²) in [6.45, 7) is 14.4. The number of hydrogen-bond donors (Lipinski definition) is 0. The first-order valence-electron chi connectivity index (χ1n) is 12.7. The number of rotatable bonds is 19. The van der Waals surface area contributed by atoms with E-state index >= 15 is 0 Å². The molecule has 0 bridgehead atoms. The molecule has 0 spiro atoms. The second kappa shape index (κ2) is 17.1.